The van der Waals surface area contributed by atoms with Crippen LogP contribution in [0.2, 0.25) is 0 Å². The van der Waals surface area contributed by atoms with Crippen LogP contribution in [0.15, 0.2) is 45.9 Å². The highest BCUT2D eigenvalue weighted by Crippen LogP contribution is 2.26. The SMILES string of the molecule is COCCOc1ccc(S(=O)(=O)NC[C@@H](c2ccco2)N2CCCC2)cc1C. The Morgan fingerprint density at radius 1 is 1.21 bits per heavy atom. The molecule has 2 heterocycles. The minimum Gasteiger partial charge on any atom is -0.491 e. The smallest absolute Gasteiger partial charge is 0.240 e. The summed E-state index contributed by atoms with van der Waals surface area (Å²) in [5.41, 5.74) is 0.765. The van der Waals surface area contributed by atoms with Gasteiger partial charge in [0.2, 0.25) is 10.0 Å². The molecule has 1 aromatic heterocycles. The Morgan fingerprint density at radius 2 is 2.00 bits per heavy atom. The van der Waals surface area contributed by atoms with Gasteiger partial charge in [-0.25, -0.2) is 13.1 Å². The van der Waals surface area contributed by atoms with Crippen LogP contribution in [0.1, 0.15) is 30.2 Å². The number of nitrogens with one attached hydrogen (secondary N) is 1. The molecule has 1 saturated heterocycles. The number of sulfonamides is 1. The average Bonchev–Trinajstić information content (AvgIpc) is 3.38. The summed E-state index contributed by atoms with van der Waals surface area (Å²) in [6.07, 6.45) is 3.86. The molecule has 0 unspecified atom stereocenters. The number of benzene rings is 1. The Kier molecular flexibility index (Phi) is 7.12. The Balaban J connectivity index is 1.69. The summed E-state index contributed by atoms with van der Waals surface area (Å²) in [6.45, 7) is 4.88. The zero-order chi connectivity index (χ0) is 20.0. The summed E-state index contributed by atoms with van der Waals surface area (Å²) in [6, 6.07) is 8.50. The fraction of sp³-hybridized carbons (Fsp3) is 0.500. The first-order valence-corrected chi connectivity index (χ1v) is 11.0. The van der Waals surface area contributed by atoms with Crippen molar-refractivity contribution < 1.29 is 22.3 Å². The maximum Gasteiger partial charge on any atom is 0.240 e. The summed E-state index contributed by atoms with van der Waals surface area (Å²) in [5.74, 6) is 1.43. The summed E-state index contributed by atoms with van der Waals surface area (Å²) in [4.78, 5) is 2.49. The van der Waals surface area contributed by atoms with Crippen molar-refractivity contribution in [3.8, 4) is 5.75 Å². The van der Waals surface area contributed by atoms with E-state index in [-0.39, 0.29) is 17.5 Å². The molecule has 1 atom stereocenters. The van der Waals surface area contributed by atoms with Crippen LogP contribution in [0.25, 0.3) is 0 Å². The Hall–Kier alpha value is -1.87. The molecule has 0 radical (unpaired) electrons. The van der Waals surface area contributed by atoms with Crippen LogP contribution in [0.4, 0.5) is 0 Å². The van der Waals surface area contributed by atoms with Gasteiger partial charge in [-0.15, -0.1) is 0 Å². The number of rotatable bonds is 10. The maximum atomic E-state index is 12.8. The summed E-state index contributed by atoms with van der Waals surface area (Å²) in [7, 11) is -2.03. The highest BCUT2D eigenvalue weighted by atomic mass is 32.2. The number of hydrogen-bond acceptors (Lipinski definition) is 6. The van der Waals surface area contributed by atoms with E-state index in [0.717, 1.165) is 37.3 Å². The second-order valence-electron chi connectivity index (χ2n) is 6.89. The lowest BCUT2D eigenvalue weighted by Gasteiger charge is -2.26. The first kappa shape index (κ1) is 20.9. The molecule has 0 spiro atoms. The predicted molar refractivity (Wildman–Crippen MR) is 106 cm³/mol. The largest absolute Gasteiger partial charge is 0.491 e. The third-order valence-electron chi connectivity index (χ3n) is 4.92. The van der Waals surface area contributed by atoms with Gasteiger partial charge >= 0.3 is 0 Å². The van der Waals surface area contributed by atoms with Crippen LogP contribution in [-0.4, -0.2) is 53.3 Å². The van der Waals surface area contributed by atoms with E-state index in [1.807, 2.05) is 19.1 Å². The number of likely N-dealkylation sites (tertiary alicyclic amines) is 1. The van der Waals surface area contributed by atoms with Crippen molar-refractivity contribution in [2.45, 2.75) is 30.7 Å². The van der Waals surface area contributed by atoms with E-state index in [9.17, 15) is 8.42 Å². The molecule has 1 aromatic carbocycles. The lowest BCUT2D eigenvalue weighted by atomic mass is 10.2. The van der Waals surface area contributed by atoms with Crippen molar-refractivity contribution in [2.75, 3.05) is 40.0 Å². The average molecular weight is 409 g/mol. The van der Waals surface area contributed by atoms with Gasteiger partial charge in [0, 0.05) is 13.7 Å². The third-order valence-corrected chi connectivity index (χ3v) is 6.34. The molecule has 0 saturated carbocycles. The molecule has 7 nitrogen and oxygen atoms in total. The molecule has 1 fully saturated rings. The Morgan fingerprint density at radius 3 is 2.64 bits per heavy atom. The van der Waals surface area contributed by atoms with Crippen LogP contribution < -0.4 is 9.46 Å². The second-order valence-corrected chi connectivity index (χ2v) is 8.66. The van der Waals surface area contributed by atoms with E-state index >= 15 is 0 Å². The van der Waals surface area contributed by atoms with Crippen molar-refractivity contribution in [1.82, 2.24) is 9.62 Å². The molecule has 3 rings (SSSR count). The van der Waals surface area contributed by atoms with Crippen molar-refractivity contribution in [1.29, 1.82) is 0 Å². The van der Waals surface area contributed by atoms with E-state index in [4.69, 9.17) is 13.9 Å². The highest BCUT2D eigenvalue weighted by molar-refractivity contribution is 7.89. The molecule has 2 aromatic rings. The molecule has 0 aliphatic carbocycles. The van der Waals surface area contributed by atoms with Gasteiger partial charge in [-0.05, 0) is 68.8 Å². The van der Waals surface area contributed by atoms with Crippen LogP contribution in [-0.2, 0) is 14.8 Å². The number of hydrogen-bond donors (Lipinski definition) is 1. The normalized spacial score (nSPS) is 16.4. The zero-order valence-corrected chi connectivity index (χ0v) is 17.2. The molecule has 154 valence electrons. The van der Waals surface area contributed by atoms with E-state index in [2.05, 4.69) is 9.62 Å². The quantitative estimate of drug-likeness (QED) is 0.609. The van der Waals surface area contributed by atoms with Gasteiger partial charge in [-0.1, -0.05) is 0 Å². The van der Waals surface area contributed by atoms with Crippen LogP contribution >= 0.6 is 0 Å². The number of nitrogens with zero attached hydrogens (tertiary/aromatic N) is 1. The number of methoxy groups -OCH3 is 1. The van der Waals surface area contributed by atoms with Crippen molar-refractivity contribution >= 4 is 10.0 Å². The zero-order valence-electron chi connectivity index (χ0n) is 16.4. The van der Waals surface area contributed by atoms with Crippen molar-refractivity contribution in [2.24, 2.45) is 0 Å². The fourth-order valence-electron chi connectivity index (χ4n) is 3.40. The van der Waals surface area contributed by atoms with Gasteiger partial charge in [0.25, 0.3) is 0 Å². The van der Waals surface area contributed by atoms with E-state index in [0.29, 0.717) is 19.0 Å². The highest BCUT2D eigenvalue weighted by Gasteiger charge is 2.27. The van der Waals surface area contributed by atoms with Gasteiger partial charge in [0.15, 0.2) is 0 Å². The summed E-state index contributed by atoms with van der Waals surface area (Å²) < 4.78 is 44.5. The Bertz CT molecular complexity index is 845. The molecular weight excluding hydrogens is 380 g/mol. The van der Waals surface area contributed by atoms with Crippen LogP contribution in [0.5, 0.6) is 5.75 Å². The molecular formula is C20H28N2O5S. The minimum absolute atomic E-state index is 0.106. The van der Waals surface area contributed by atoms with Gasteiger partial charge in [0.05, 0.1) is 23.8 Å². The van der Waals surface area contributed by atoms with Gasteiger partial charge in [-0.3, -0.25) is 4.90 Å². The standard InChI is InChI=1S/C20H28N2O5S/c1-16-14-17(7-8-19(16)27-13-12-25-2)28(23,24)21-15-18(20-6-5-11-26-20)22-9-3-4-10-22/h5-8,11,14,18,21H,3-4,9-10,12-13,15H2,1-2H3/t18-/m0/s1. The van der Waals surface area contributed by atoms with Crippen molar-refractivity contribution in [3.05, 3.63) is 47.9 Å². The van der Waals surface area contributed by atoms with Gasteiger partial charge in [0.1, 0.15) is 18.1 Å². The maximum absolute atomic E-state index is 12.8. The van der Waals surface area contributed by atoms with Gasteiger partial charge in [-0.2, -0.15) is 0 Å². The molecule has 1 aliphatic rings. The number of furan rings is 1. The first-order valence-electron chi connectivity index (χ1n) is 9.51. The Labute approximate surface area is 166 Å². The van der Waals surface area contributed by atoms with E-state index < -0.39 is 10.0 Å². The number of aryl methyl sites for hydroxylation is 1. The molecule has 8 heteroatoms. The predicted octanol–water partition coefficient (Wildman–Crippen LogP) is 2.73. The summed E-state index contributed by atoms with van der Waals surface area (Å²) >= 11 is 0. The van der Waals surface area contributed by atoms with Crippen molar-refractivity contribution in [3.63, 3.8) is 0 Å². The molecule has 1 aliphatic heterocycles. The molecule has 28 heavy (non-hydrogen) atoms. The number of ether oxygens (including phenoxy) is 2. The molecule has 0 bridgehead atoms. The lowest BCUT2D eigenvalue weighted by Crippen LogP contribution is -2.36. The van der Waals surface area contributed by atoms with E-state index in [1.165, 1.54) is 0 Å². The lowest BCUT2D eigenvalue weighted by molar-refractivity contribution is 0.146. The fourth-order valence-corrected chi connectivity index (χ4v) is 4.52. The monoisotopic (exact) mass is 408 g/mol. The first-order chi connectivity index (χ1) is 13.5. The topological polar surface area (TPSA) is 81.0 Å². The van der Waals surface area contributed by atoms with Gasteiger partial charge < -0.3 is 13.9 Å². The minimum atomic E-state index is -3.64. The third kappa shape index (κ3) is 5.14. The van der Waals surface area contributed by atoms with E-state index in [1.54, 1.807) is 31.6 Å². The second kappa shape index (κ2) is 9.56. The van der Waals surface area contributed by atoms with Crippen LogP contribution in [0.3, 0.4) is 0 Å². The van der Waals surface area contributed by atoms with Crippen LogP contribution in [0, 0.1) is 6.92 Å². The summed E-state index contributed by atoms with van der Waals surface area (Å²) in [5, 5.41) is 0. The molecule has 0 amide bonds. The molecule has 1 N–H and O–H groups in total.